The van der Waals surface area contributed by atoms with Gasteiger partial charge in [0, 0.05) is 35.9 Å². The van der Waals surface area contributed by atoms with E-state index in [4.69, 9.17) is 9.47 Å². The number of nitrogens with one attached hydrogen (secondary N) is 1. The molecule has 0 unspecified atom stereocenters. The van der Waals surface area contributed by atoms with Crippen LogP contribution in [0.15, 0.2) is 77.8 Å². The number of hydrogen-bond donors (Lipinski definition) is 1. The van der Waals surface area contributed by atoms with Crippen molar-refractivity contribution in [1.29, 1.82) is 0 Å². The summed E-state index contributed by atoms with van der Waals surface area (Å²) in [6.07, 6.45) is 2.15. The van der Waals surface area contributed by atoms with E-state index < -0.39 is 0 Å². The van der Waals surface area contributed by atoms with Crippen molar-refractivity contribution in [3.63, 3.8) is 0 Å². The van der Waals surface area contributed by atoms with Crippen LogP contribution in [0.25, 0.3) is 0 Å². The first-order valence-electron chi connectivity index (χ1n) is 9.53. The van der Waals surface area contributed by atoms with Gasteiger partial charge in [-0.15, -0.1) is 11.8 Å². The highest BCUT2D eigenvalue weighted by atomic mass is 32.2. The summed E-state index contributed by atoms with van der Waals surface area (Å²) in [4.78, 5) is 17.5. The monoisotopic (exact) mass is 408 g/mol. The van der Waals surface area contributed by atoms with E-state index in [0.29, 0.717) is 31.2 Å². The molecular formula is C23H24N2O3S. The number of amides is 1. The second kappa shape index (κ2) is 11.1. The lowest BCUT2D eigenvalue weighted by atomic mass is 10.2. The molecule has 0 atom stereocenters. The molecule has 1 N–H and O–H groups in total. The minimum Gasteiger partial charge on any atom is -0.494 e. The molecule has 5 nitrogen and oxygen atoms in total. The number of pyridine rings is 1. The van der Waals surface area contributed by atoms with Crippen molar-refractivity contribution in [3.8, 4) is 17.4 Å². The molecule has 0 aliphatic rings. The maximum absolute atomic E-state index is 12.1. The maximum Gasteiger partial charge on any atom is 0.221 e. The number of thioether (sulfide) groups is 1. The van der Waals surface area contributed by atoms with Crippen molar-refractivity contribution in [1.82, 2.24) is 10.3 Å². The molecule has 0 aliphatic heterocycles. The van der Waals surface area contributed by atoms with E-state index in [-0.39, 0.29) is 5.91 Å². The van der Waals surface area contributed by atoms with Crippen LogP contribution in [0.1, 0.15) is 18.9 Å². The van der Waals surface area contributed by atoms with E-state index in [0.717, 1.165) is 17.1 Å². The number of carbonyl (C=O) groups excluding carboxylic acids is 1. The molecule has 150 valence electrons. The summed E-state index contributed by atoms with van der Waals surface area (Å²) in [5.41, 5.74) is 0.935. The molecule has 2 aromatic carbocycles. The maximum atomic E-state index is 12.1. The number of benzene rings is 2. The Morgan fingerprint density at radius 3 is 2.55 bits per heavy atom. The third-order valence-electron chi connectivity index (χ3n) is 3.99. The predicted octanol–water partition coefficient (Wildman–Crippen LogP) is 5.07. The molecule has 0 fully saturated rings. The van der Waals surface area contributed by atoms with Crippen molar-refractivity contribution in [2.75, 3.05) is 12.4 Å². The van der Waals surface area contributed by atoms with E-state index in [1.54, 1.807) is 18.0 Å². The number of rotatable bonds is 10. The summed E-state index contributed by atoms with van der Waals surface area (Å²) < 4.78 is 11.2. The smallest absolute Gasteiger partial charge is 0.221 e. The van der Waals surface area contributed by atoms with Gasteiger partial charge in [-0.3, -0.25) is 4.79 Å². The summed E-state index contributed by atoms with van der Waals surface area (Å²) in [5, 5.41) is 2.95. The first-order valence-corrected chi connectivity index (χ1v) is 10.5. The lowest BCUT2D eigenvalue weighted by molar-refractivity contribution is -0.120. The highest BCUT2D eigenvalue weighted by molar-refractivity contribution is 7.99. The van der Waals surface area contributed by atoms with Crippen LogP contribution in [0.5, 0.6) is 17.4 Å². The van der Waals surface area contributed by atoms with E-state index in [1.807, 2.05) is 73.7 Å². The van der Waals surface area contributed by atoms with Gasteiger partial charge in [-0.2, -0.15) is 0 Å². The number of hydrogen-bond acceptors (Lipinski definition) is 5. The zero-order valence-corrected chi connectivity index (χ0v) is 17.2. The molecule has 1 aromatic heterocycles. The standard InChI is InChI=1S/C23H24N2O3S/c1-2-27-19-8-10-20(11-9-19)28-23-16-18(12-14-24-23)17-25-22(26)13-15-29-21-6-4-3-5-7-21/h3-12,14,16H,2,13,15,17H2,1H3,(H,25,26). The SMILES string of the molecule is CCOc1ccc(Oc2cc(CNC(=O)CCSc3ccccc3)ccn2)cc1. The number of ether oxygens (including phenoxy) is 2. The van der Waals surface area contributed by atoms with Gasteiger partial charge in [0.15, 0.2) is 0 Å². The lowest BCUT2D eigenvalue weighted by Gasteiger charge is -2.09. The highest BCUT2D eigenvalue weighted by Crippen LogP contribution is 2.23. The number of aromatic nitrogens is 1. The summed E-state index contributed by atoms with van der Waals surface area (Å²) in [6.45, 7) is 3.01. The Bertz CT molecular complexity index is 902. The zero-order valence-electron chi connectivity index (χ0n) is 16.3. The van der Waals surface area contributed by atoms with Gasteiger partial charge in [-0.05, 0) is 55.0 Å². The quantitative estimate of drug-likeness (QED) is 0.475. The van der Waals surface area contributed by atoms with Gasteiger partial charge in [-0.1, -0.05) is 18.2 Å². The van der Waals surface area contributed by atoms with Crippen molar-refractivity contribution < 1.29 is 14.3 Å². The molecule has 0 aliphatic carbocycles. The van der Waals surface area contributed by atoms with E-state index in [1.165, 1.54) is 4.90 Å². The fourth-order valence-electron chi connectivity index (χ4n) is 2.57. The van der Waals surface area contributed by atoms with Crippen LogP contribution in [0, 0.1) is 0 Å². The van der Waals surface area contributed by atoms with Gasteiger partial charge in [0.2, 0.25) is 11.8 Å². The third kappa shape index (κ3) is 7.16. The summed E-state index contributed by atoms with van der Waals surface area (Å²) in [7, 11) is 0. The van der Waals surface area contributed by atoms with E-state index >= 15 is 0 Å². The van der Waals surface area contributed by atoms with Crippen LogP contribution in [-0.2, 0) is 11.3 Å². The largest absolute Gasteiger partial charge is 0.494 e. The third-order valence-corrected chi connectivity index (χ3v) is 5.00. The Morgan fingerprint density at radius 1 is 1.03 bits per heavy atom. The minimum atomic E-state index is 0.0271. The average Bonchev–Trinajstić information content (AvgIpc) is 2.75. The van der Waals surface area contributed by atoms with Crippen LogP contribution in [-0.4, -0.2) is 23.3 Å². The van der Waals surface area contributed by atoms with Crippen molar-refractivity contribution >= 4 is 17.7 Å². The van der Waals surface area contributed by atoms with Gasteiger partial charge >= 0.3 is 0 Å². The molecule has 6 heteroatoms. The summed E-state index contributed by atoms with van der Waals surface area (Å²) in [5.74, 6) is 2.74. The van der Waals surface area contributed by atoms with Crippen LogP contribution >= 0.6 is 11.8 Å². The molecular weight excluding hydrogens is 384 g/mol. The predicted molar refractivity (Wildman–Crippen MR) is 116 cm³/mol. The summed E-state index contributed by atoms with van der Waals surface area (Å²) >= 11 is 1.68. The molecule has 0 bridgehead atoms. The van der Waals surface area contributed by atoms with Crippen LogP contribution < -0.4 is 14.8 Å². The van der Waals surface area contributed by atoms with Gasteiger partial charge in [0.25, 0.3) is 0 Å². The van der Waals surface area contributed by atoms with Crippen molar-refractivity contribution in [2.24, 2.45) is 0 Å². The zero-order chi connectivity index (χ0) is 20.3. The molecule has 0 saturated heterocycles. The van der Waals surface area contributed by atoms with Crippen molar-refractivity contribution in [3.05, 3.63) is 78.5 Å². The molecule has 29 heavy (non-hydrogen) atoms. The normalized spacial score (nSPS) is 10.4. The Kier molecular flexibility index (Phi) is 7.95. The van der Waals surface area contributed by atoms with Gasteiger partial charge in [0.05, 0.1) is 6.61 Å². The minimum absolute atomic E-state index is 0.0271. The number of nitrogens with zero attached hydrogens (tertiary/aromatic N) is 1. The van der Waals surface area contributed by atoms with Crippen LogP contribution in [0.2, 0.25) is 0 Å². The molecule has 1 amide bonds. The second-order valence-electron chi connectivity index (χ2n) is 6.20. The Balaban J connectivity index is 1.44. The topological polar surface area (TPSA) is 60.5 Å². The lowest BCUT2D eigenvalue weighted by Crippen LogP contribution is -2.23. The van der Waals surface area contributed by atoms with E-state index in [2.05, 4.69) is 10.3 Å². The Hall–Kier alpha value is -2.99. The van der Waals surface area contributed by atoms with Gasteiger partial charge in [-0.25, -0.2) is 4.98 Å². The molecule has 0 radical (unpaired) electrons. The van der Waals surface area contributed by atoms with Crippen molar-refractivity contribution in [2.45, 2.75) is 24.8 Å². The Morgan fingerprint density at radius 2 is 1.79 bits per heavy atom. The second-order valence-corrected chi connectivity index (χ2v) is 7.37. The average molecular weight is 409 g/mol. The number of carbonyl (C=O) groups is 1. The fourth-order valence-corrected chi connectivity index (χ4v) is 3.45. The molecule has 0 saturated carbocycles. The first-order chi connectivity index (χ1) is 14.2. The van der Waals surface area contributed by atoms with Gasteiger partial charge < -0.3 is 14.8 Å². The highest BCUT2D eigenvalue weighted by Gasteiger charge is 2.05. The Labute approximate surface area is 175 Å². The van der Waals surface area contributed by atoms with Crippen LogP contribution in [0.3, 0.4) is 0 Å². The molecule has 3 aromatic rings. The fraction of sp³-hybridized carbons (Fsp3) is 0.217. The summed E-state index contributed by atoms with van der Waals surface area (Å²) in [6, 6.07) is 21.2. The molecule has 3 rings (SSSR count). The first kappa shape index (κ1) is 20.7. The van der Waals surface area contributed by atoms with Gasteiger partial charge in [0.1, 0.15) is 11.5 Å². The van der Waals surface area contributed by atoms with E-state index in [9.17, 15) is 4.79 Å². The molecule has 0 spiro atoms. The molecule has 1 heterocycles. The van der Waals surface area contributed by atoms with Crippen LogP contribution in [0.4, 0.5) is 0 Å².